The largest absolute Gasteiger partial charge is 0.685 e. The van der Waals surface area contributed by atoms with Gasteiger partial charge in [0.2, 0.25) is 0 Å². The summed E-state index contributed by atoms with van der Waals surface area (Å²) in [6, 6.07) is 39.5. The molecule has 8 aromatic carbocycles. The van der Waals surface area contributed by atoms with Crippen LogP contribution in [0.3, 0.4) is 0 Å². The Labute approximate surface area is 575 Å². The van der Waals surface area contributed by atoms with Crippen LogP contribution >= 0.6 is 0 Å². The maximum Gasteiger partial charge on any atom is 0 e. The molecule has 0 saturated carbocycles. The van der Waals surface area contributed by atoms with Crippen molar-refractivity contribution in [2.75, 3.05) is 52.4 Å². The van der Waals surface area contributed by atoms with Crippen molar-refractivity contribution in [3.8, 4) is 0 Å². The summed E-state index contributed by atoms with van der Waals surface area (Å²) in [6.07, 6.45) is 0. The molecule has 0 bridgehead atoms. The average Bonchev–Trinajstić information content (AvgIpc) is 3.51. The van der Waals surface area contributed by atoms with Gasteiger partial charge in [0.15, 0.2) is 0 Å². The molecule has 472 valence electrons. The Morgan fingerprint density at radius 3 is 0.443 bits per heavy atom. The Bertz CT molecular complexity index is 2770. The zero-order valence-electron chi connectivity index (χ0n) is 57.7. The van der Waals surface area contributed by atoms with Crippen LogP contribution in [0.2, 0.25) is 0 Å². The quantitative estimate of drug-likeness (QED) is 0.0525. The van der Waals surface area contributed by atoms with Gasteiger partial charge in [-0.1, -0.05) is 68.8 Å². The van der Waals surface area contributed by atoms with E-state index in [1.807, 2.05) is 121 Å². The van der Waals surface area contributed by atoms with Gasteiger partial charge in [-0.25, -0.2) is 0 Å². The minimum Gasteiger partial charge on any atom is -0.685 e. The van der Waals surface area contributed by atoms with Crippen molar-refractivity contribution in [1.29, 1.82) is 0 Å². The first-order valence-corrected chi connectivity index (χ1v) is 30.5. The number of benzene rings is 8. The van der Waals surface area contributed by atoms with Crippen LogP contribution in [-0.4, -0.2) is 52.4 Å². The Hall–Kier alpha value is -5.89. The first kappa shape index (κ1) is 80.1. The second kappa shape index (κ2) is 41.4. The van der Waals surface area contributed by atoms with Gasteiger partial charge in [0.1, 0.15) is 0 Å². The molecular formula is C80H104HfN6Zr-10. The normalized spacial score (nSPS) is 10.0. The Balaban J connectivity index is 0.000000600. The molecule has 0 radical (unpaired) electrons. The number of hydrogen-bond donors (Lipinski definition) is 0. The molecule has 0 heterocycles. The average molecular weight is 1420 g/mol. The van der Waals surface area contributed by atoms with Crippen molar-refractivity contribution in [2.45, 2.75) is 138 Å². The first-order chi connectivity index (χ1) is 40.8. The summed E-state index contributed by atoms with van der Waals surface area (Å²) < 4.78 is 0. The van der Waals surface area contributed by atoms with Crippen LogP contribution in [0.5, 0.6) is 0 Å². The fraction of sp³-hybridized carbons (Fsp3) is 0.350. The van der Waals surface area contributed by atoms with Gasteiger partial charge in [0.05, 0.1) is 0 Å². The standard InChI is InChI=1S/2C26H38N3.4C7H7.Hf.Zr/c2*1-15-17(3)21(7)25(22(8)18(15)4)28-13-11-27-12-14-29-26-23(9)19(5)16(2)20(6)24(26)10;4*1-7-5-3-2-4-6-7;;/h2*11-14H2,1-10H3;4*2-6H,1H2;;/q2*-3;4*-1;;. The summed E-state index contributed by atoms with van der Waals surface area (Å²) in [5.41, 5.74) is 35.7. The van der Waals surface area contributed by atoms with Crippen LogP contribution in [0.15, 0.2) is 121 Å². The zero-order chi connectivity index (χ0) is 64.2. The van der Waals surface area contributed by atoms with Crippen LogP contribution in [0.4, 0.5) is 22.7 Å². The van der Waals surface area contributed by atoms with E-state index in [4.69, 9.17) is 21.3 Å². The Morgan fingerprint density at radius 1 is 0.205 bits per heavy atom. The fourth-order valence-corrected chi connectivity index (χ4v) is 9.94. The number of nitrogens with zero attached hydrogens (tertiary/aromatic N) is 6. The molecule has 0 atom stereocenters. The van der Waals surface area contributed by atoms with Gasteiger partial charge in [-0.05, 0) is 205 Å². The topological polar surface area (TPSA) is 84.6 Å². The fourth-order valence-electron chi connectivity index (χ4n) is 9.94. The third kappa shape index (κ3) is 24.8. The summed E-state index contributed by atoms with van der Waals surface area (Å²) in [4.78, 5) is 0. The van der Waals surface area contributed by atoms with Crippen molar-refractivity contribution < 1.29 is 52.0 Å². The van der Waals surface area contributed by atoms with E-state index in [9.17, 15) is 0 Å². The smallest absolute Gasteiger partial charge is 0 e. The van der Waals surface area contributed by atoms with Crippen LogP contribution in [-0.2, 0) is 52.0 Å². The molecule has 0 aromatic heterocycles. The zero-order valence-corrected chi connectivity index (χ0v) is 63.8. The Kier molecular flexibility index (Phi) is 37.7. The van der Waals surface area contributed by atoms with E-state index in [1.165, 1.54) is 111 Å². The molecule has 88 heavy (non-hydrogen) atoms. The van der Waals surface area contributed by atoms with Gasteiger partial charge < -0.3 is 31.9 Å². The van der Waals surface area contributed by atoms with E-state index in [-0.39, 0.29) is 52.0 Å². The predicted molar refractivity (Wildman–Crippen MR) is 382 cm³/mol. The maximum absolute atomic E-state index is 4.86. The van der Waals surface area contributed by atoms with Crippen LogP contribution in [0.1, 0.15) is 134 Å². The monoisotopic (exact) mass is 1420 g/mol. The van der Waals surface area contributed by atoms with E-state index in [2.05, 4.69) is 177 Å². The molecule has 0 unspecified atom stereocenters. The van der Waals surface area contributed by atoms with Crippen molar-refractivity contribution >= 4 is 22.7 Å². The molecule has 0 aliphatic heterocycles. The maximum atomic E-state index is 4.86. The second-order valence-corrected chi connectivity index (χ2v) is 22.7. The van der Waals surface area contributed by atoms with E-state index < -0.39 is 0 Å². The molecule has 8 rings (SSSR count). The van der Waals surface area contributed by atoms with Crippen LogP contribution in [0.25, 0.3) is 31.9 Å². The molecule has 0 N–H and O–H groups in total. The van der Waals surface area contributed by atoms with Crippen LogP contribution < -0.4 is 0 Å². The SMILES string of the molecule is Cc1c(C)c(C)c([N-]CC[N-]CC[N-]c2c(C)c(C)c(C)c(C)c2C)c(C)c1C.Cc1c(C)c(C)c([N-]CC[N-]CC[N-]c2c(C)c(C)c(C)c(C)c2C)c(C)c1C.[CH2-]c1ccccc1.[CH2-]c1ccccc1.[CH2-]c1ccccc1.[CH2-]c1ccccc1.[Hf].[Zr]. The second-order valence-electron chi connectivity index (χ2n) is 22.7. The van der Waals surface area contributed by atoms with Gasteiger partial charge in [-0.2, -0.15) is 151 Å². The third-order valence-electron chi connectivity index (χ3n) is 17.3. The Morgan fingerprint density at radius 2 is 0.330 bits per heavy atom. The van der Waals surface area contributed by atoms with Crippen molar-refractivity contribution in [2.24, 2.45) is 0 Å². The van der Waals surface area contributed by atoms with Crippen molar-refractivity contribution in [1.82, 2.24) is 0 Å². The summed E-state index contributed by atoms with van der Waals surface area (Å²) in [6.45, 7) is 64.7. The molecular weight excluding hydrogens is 1310 g/mol. The molecule has 6 nitrogen and oxygen atoms in total. The van der Waals surface area contributed by atoms with Crippen molar-refractivity contribution in [3.63, 3.8) is 0 Å². The molecule has 0 aliphatic carbocycles. The summed E-state index contributed by atoms with van der Waals surface area (Å²) in [7, 11) is 0. The van der Waals surface area contributed by atoms with Gasteiger partial charge in [0, 0.05) is 52.0 Å². The van der Waals surface area contributed by atoms with E-state index in [1.54, 1.807) is 0 Å². The third-order valence-corrected chi connectivity index (χ3v) is 17.3. The van der Waals surface area contributed by atoms with Crippen LogP contribution in [0, 0.1) is 166 Å². The van der Waals surface area contributed by atoms with E-state index in [0.29, 0.717) is 0 Å². The van der Waals surface area contributed by atoms with Gasteiger partial charge >= 0.3 is 0 Å². The van der Waals surface area contributed by atoms with Gasteiger partial charge in [0.25, 0.3) is 0 Å². The van der Waals surface area contributed by atoms with E-state index >= 15 is 0 Å². The molecule has 8 aromatic rings. The molecule has 0 amide bonds. The van der Waals surface area contributed by atoms with Crippen molar-refractivity contribution in [3.05, 3.63) is 314 Å². The molecule has 0 saturated heterocycles. The summed E-state index contributed by atoms with van der Waals surface area (Å²) >= 11 is 0. The van der Waals surface area contributed by atoms with Gasteiger partial charge in [-0.3, -0.25) is 0 Å². The molecule has 8 heteroatoms. The molecule has 0 fully saturated rings. The number of rotatable bonds is 16. The summed E-state index contributed by atoms with van der Waals surface area (Å²) in [5.74, 6) is 0. The number of hydrogen-bond acceptors (Lipinski definition) is 0. The minimum atomic E-state index is 0. The first-order valence-electron chi connectivity index (χ1n) is 30.5. The van der Waals surface area contributed by atoms with Gasteiger partial charge in [-0.15, -0.1) is 71.3 Å². The molecule has 0 spiro atoms. The minimum absolute atomic E-state index is 0. The molecule has 0 aliphatic rings. The summed E-state index contributed by atoms with van der Waals surface area (Å²) in [5, 5.41) is 28.8. The van der Waals surface area contributed by atoms with E-state index in [0.717, 1.165) is 97.4 Å². The predicted octanol–water partition coefficient (Wildman–Crippen LogP) is 23.2.